The maximum absolute atomic E-state index is 12.3. The molecule has 0 aliphatic rings. The number of methoxy groups -OCH3 is 1. The van der Waals surface area contributed by atoms with Crippen LogP contribution in [-0.2, 0) is 11.2 Å². The van der Waals surface area contributed by atoms with E-state index in [2.05, 4.69) is 10.6 Å². The summed E-state index contributed by atoms with van der Waals surface area (Å²) in [5.74, 6) is 0.330. The van der Waals surface area contributed by atoms with Crippen molar-refractivity contribution in [3.63, 3.8) is 0 Å². The van der Waals surface area contributed by atoms with Crippen molar-refractivity contribution in [1.29, 1.82) is 0 Å². The van der Waals surface area contributed by atoms with Crippen LogP contribution in [0.2, 0.25) is 0 Å². The van der Waals surface area contributed by atoms with Gasteiger partial charge < -0.3 is 15.4 Å². The second-order valence-electron chi connectivity index (χ2n) is 6.22. The molecule has 1 heterocycles. The van der Waals surface area contributed by atoms with E-state index in [1.807, 2.05) is 59.3 Å². The first-order chi connectivity index (χ1) is 13.7. The average Bonchev–Trinajstić information content (AvgIpc) is 3.27. The van der Waals surface area contributed by atoms with Gasteiger partial charge in [-0.05, 0) is 64.2 Å². The molecular weight excluding hydrogens is 372 g/mol. The number of carbonyl (C=O) groups excluding carboxylic acids is 2. The van der Waals surface area contributed by atoms with Crippen LogP contribution in [0.5, 0.6) is 5.75 Å². The lowest BCUT2D eigenvalue weighted by Gasteiger charge is -2.08. The van der Waals surface area contributed by atoms with E-state index in [0.29, 0.717) is 18.5 Å². The SMILES string of the molecule is COc1ccc(CCNC(=O)CNC(=O)c2cccc(-c3ccsc3)c2)cc1. The molecule has 0 spiro atoms. The quantitative estimate of drug-likeness (QED) is 0.614. The van der Waals surface area contributed by atoms with E-state index in [0.717, 1.165) is 22.4 Å². The molecule has 0 aliphatic heterocycles. The Morgan fingerprint density at radius 1 is 1.00 bits per heavy atom. The highest BCUT2D eigenvalue weighted by molar-refractivity contribution is 7.08. The fraction of sp³-hybridized carbons (Fsp3) is 0.182. The van der Waals surface area contributed by atoms with E-state index >= 15 is 0 Å². The summed E-state index contributed by atoms with van der Waals surface area (Å²) in [6.45, 7) is 0.457. The molecule has 28 heavy (non-hydrogen) atoms. The van der Waals surface area contributed by atoms with E-state index in [1.54, 1.807) is 24.5 Å². The van der Waals surface area contributed by atoms with Gasteiger partial charge in [0.05, 0.1) is 13.7 Å². The Labute approximate surface area is 168 Å². The first-order valence-electron chi connectivity index (χ1n) is 8.96. The summed E-state index contributed by atoms with van der Waals surface area (Å²) in [6.07, 6.45) is 0.715. The molecule has 0 atom stereocenters. The van der Waals surface area contributed by atoms with Crippen molar-refractivity contribution < 1.29 is 14.3 Å². The Bertz CT molecular complexity index is 921. The van der Waals surface area contributed by atoms with Crippen molar-refractivity contribution in [1.82, 2.24) is 10.6 Å². The Balaban J connectivity index is 1.44. The molecule has 6 heteroatoms. The number of carbonyl (C=O) groups is 2. The van der Waals surface area contributed by atoms with Gasteiger partial charge in [0.1, 0.15) is 5.75 Å². The number of ether oxygens (including phenoxy) is 1. The molecule has 3 aromatic rings. The molecule has 5 nitrogen and oxygen atoms in total. The average molecular weight is 394 g/mol. The van der Waals surface area contributed by atoms with Crippen LogP contribution < -0.4 is 15.4 Å². The van der Waals surface area contributed by atoms with Crippen molar-refractivity contribution in [2.75, 3.05) is 20.2 Å². The number of benzene rings is 2. The second-order valence-corrected chi connectivity index (χ2v) is 7.00. The lowest BCUT2D eigenvalue weighted by atomic mass is 10.1. The largest absolute Gasteiger partial charge is 0.497 e. The molecule has 0 unspecified atom stereocenters. The zero-order valence-electron chi connectivity index (χ0n) is 15.6. The summed E-state index contributed by atoms with van der Waals surface area (Å²) in [7, 11) is 1.63. The molecular formula is C22H22N2O3S. The maximum Gasteiger partial charge on any atom is 0.251 e. The minimum Gasteiger partial charge on any atom is -0.497 e. The molecule has 3 rings (SSSR count). The monoisotopic (exact) mass is 394 g/mol. The van der Waals surface area contributed by atoms with Crippen LogP contribution in [0.4, 0.5) is 0 Å². The predicted molar refractivity (Wildman–Crippen MR) is 112 cm³/mol. The summed E-state index contributed by atoms with van der Waals surface area (Å²) in [4.78, 5) is 24.3. The summed E-state index contributed by atoms with van der Waals surface area (Å²) in [6, 6.07) is 17.1. The minimum absolute atomic E-state index is 0.0515. The number of rotatable bonds is 8. The zero-order valence-corrected chi connectivity index (χ0v) is 16.4. The van der Waals surface area contributed by atoms with E-state index in [1.165, 1.54) is 0 Å². The van der Waals surface area contributed by atoms with Gasteiger partial charge in [-0.1, -0.05) is 24.3 Å². The van der Waals surface area contributed by atoms with E-state index in [4.69, 9.17) is 4.74 Å². The lowest BCUT2D eigenvalue weighted by Crippen LogP contribution is -2.37. The normalized spacial score (nSPS) is 10.3. The molecule has 2 amide bonds. The zero-order chi connectivity index (χ0) is 19.8. The van der Waals surface area contributed by atoms with E-state index in [-0.39, 0.29) is 18.4 Å². The molecule has 2 aromatic carbocycles. The van der Waals surface area contributed by atoms with Crippen LogP contribution in [-0.4, -0.2) is 32.0 Å². The molecule has 0 radical (unpaired) electrons. The molecule has 0 bridgehead atoms. The third kappa shape index (κ3) is 5.44. The van der Waals surface area contributed by atoms with Crippen LogP contribution in [0.1, 0.15) is 15.9 Å². The lowest BCUT2D eigenvalue weighted by molar-refractivity contribution is -0.120. The molecule has 144 valence electrons. The number of thiophene rings is 1. The van der Waals surface area contributed by atoms with Gasteiger partial charge in [-0.2, -0.15) is 11.3 Å². The maximum atomic E-state index is 12.3. The van der Waals surface area contributed by atoms with E-state index < -0.39 is 0 Å². The van der Waals surface area contributed by atoms with Gasteiger partial charge in [0.15, 0.2) is 0 Å². The third-order valence-electron chi connectivity index (χ3n) is 4.28. The molecule has 0 aliphatic carbocycles. The van der Waals surface area contributed by atoms with Gasteiger partial charge in [0, 0.05) is 12.1 Å². The van der Waals surface area contributed by atoms with Gasteiger partial charge in [-0.15, -0.1) is 0 Å². The summed E-state index contributed by atoms with van der Waals surface area (Å²) >= 11 is 1.61. The number of hydrogen-bond acceptors (Lipinski definition) is 4. The van der Waals surface area contributed by atoms with Crippen LogP contribution in [0.3, 0.4) is 0 Å². The van der Waals surface area contributed by atoms with Gasteiger partial charge >= 0.3 is 0 Å². The Morgan fingerprint density at radius 2 is 1.82 bits per heavy atom. The highest BCUT2D eigenvalue weighted by Gasteiger charge is 2.09. The van der Waals surface area contributed by atoms with Crippen LogP contribution in [0, 0.1) is 0 Å². The van der Waals surface area contributed by atoms with Crippen LogP contribution >= 0.6 is 11.3 Å². The highest BCUT2D eigenvalue weighted by atomic mass is 32.1. The first kappa shape index (κ1) is 19.6. The smallest absolute Gasteiger partial charge is 0.251 e. The van der Waals surface area contributed by atoms with Crippen LogP contribution in [0.15, 0.2) is 65.4 Å². The van der Waals surface area contributed by atoms with Gasteiger partial charge in [-0.3, -0.25) is 9.59 Å². The summed E-state index contributed by atoms with van der Waals surface area (Å²) in [5, 5.41) is 9.52. The first-order valence-corrected chi connectivity index (χ1v) is 9.90. The Morgan fingerprint density at radius 3 is 2.54 bits per heavy atom. The predicted octanol–water partition coefficient (Wildman–Crippen LogP) is 3.51. The summed E-state index contributed by atoms with van der Waals surface area (Å²) in [5.41, 5.74) is 3.71. The molecule has 1 aromatic heterocycles. The standard InChI is InChI=1S/C22H22N2O3S/c1-27-20-7-5-16(6-8-20)9-11-23-21(25)14-24-22(26)18-4-2-3-17(13-18)19-10-12-28-15-19/h2-8,10,12-13,15H,9,11,14H2,1H3,(H,23,25)(H,24,26). The van der Waals surface area contributed by atoms with Crippen molar-refractivity contribution >= 4 is 23.2 Å². The molecule has 0 saturated carbocycles. The minimum atomic E-state index is -0.262. The number of nitrogens with one attached hydrogen (secondary N) is 2. The van der Waals surface area contributed by atoms with Gasteiger partial charge in [0.2, 0.25) is 5.91 Å². The number of hydrogen-bond donors (Lipinski definition) is 2. The van der Waals surface area contributed by atoms with Crippen molar-refractivity contribution in [2.24, 2.45) is 0 Å². The number of amides is 2. The van der Waals surface area contributed by atoms with E-state index in [9.17, 15) is 9.59 Å². The van der Waals surface area contributed by atoms with Gasteiger partial charge in [-0.25, -0.2) is 0 Å². The topological polar surface area (TPSA) is 67.4 Å². The third-order valence-corrected chi connectivity index (χ3v) is 4.97. The molecule has 2 N–H and O–H groups in total. The van der Waals surface area contributed by atoms with Crippen LogP contribution in [0.25, 0.3) is 11.1 Å². The molecule has 0 saturated heterocycles. The Kier molecular flexibility index (Phi) is 6.81. The summed E-state index contributed by atoms with van der Waals surface area (Å²) < 4.78 is 5.12. The fourth-order valence-corrected chi connectivity index (χ4v) is 3.40. The Hall–Kier alpha value is -3.12. The van der Waals surface area contributed by atoms with Crippen molar-refractivity contribution in [3.8, 4) is 16.9 Å². The van der Waals surface area contributed by atoms with Crippen molar-refractivity contribution in [2.45, 2.75) is 6.42 Å². The van der Waals surface area contributed by atoms with Gasteiger partial charge in [0.25, 0.3) is 5.91 Å². The fourth-order valence-electron chi connectivity index (χ4n) is 2.73. The molecule has 0 fully saturated rings. The van der Waals surface area contributed by atoms with Crippen molar-refractivity contribution in [3.05, 3.63) is 76.5 Å². The second kappa shape index (κ2) is 9.71. The highest BCUT2D eigenvalue weighted by Crippen LogP contribution is 2.22.